The SMILES string of the molecule is Cc1nc(Nc2ccc(NC(=O)CC3CC3)cc2)cc(N2CCCC2)n1. The third-order valence-corrected chi connectivity index (χ3v) is 4.87. The average Bonchev–Trinajstić information content (AvgIpc) is 3.24. The number of hydrogen-bond donors (Lipinski definition) is 2. The van der Waals surface area contributed by atoms with E-state index in [1.165, 1.54) is 25.7 Å². The van der Waals surface area contributed by atoms with E-state index in [1.54, 1.807) is 0 Å². The lowest BCUT2D eigenvalue weighted by molar-refractivity contribution is -0.116. The predicted molar refractivity (Wildman–Crippen MR) is 104 cm³/mol. The molecule has 6 heteroatoms. The number of aryl methyl sites for hydroxylation is 1. The lowest BCUT2D eigenvalue weighted by atomic mass is 10.2. The highest BCUT2D eigenvalue weighted by Gasteiger charge is 2.24. The molecule has 0 spiro atoms. The molecule has 2 aliphatic rings. The molecule has 0 unspecified atom stereocenters. The Balaban J connectivity index is 1.41. The van der Waals surface area contributed by atoms with Crippen LogP contribution in [0, 0.1) is 12.8 Å². The molecular formula is C20H25N5O. The molecule has 1 saturated heterocycles. The van der Waals surface area contributed by atoms with Gasteiger partial charge in [-0.3, -0.25) is 4.79 Å². The minimum Gasteiger partial charge on any atom is -0.356 e. The lowest BCUT2D eigenvalue weighted by Crippen LogP contribution is -2.19. The van der Waals surface area contributed by atoms with Crippen LogP contribution in [0.2, 0.25) is 0 Å². The molecule has 136 valence electrons. The number of hydrogen-bond acceptors (Lipinski definition) is 5. The zero-order valence-electron chi connectivity index (χ0n) is 15.2. The number of aromatic nitrogens is 2. The number of carbonyl (C=O) groups is 1. The number of amides is 1. The summed E-state index contributed by atoms with van der Waals surface area (Å²) >= 11 is 0. The van der Waals surface area contributed by atoms with Crippen LogP contribution in [-0.2, 0) is 4.79 Å². The number of carbonyl (C=O) groups excluding carboxylic acids is 1. The third kappa shape index (κ3) is 4.31. The van der Waals surface area contributed by atoms with Crippen LogP contribution in [0.25, 0.3) is 0 Å². The quantitative estimate of drug-likeness (QED) is 0.827. The topological polar surface area (TPSA) is 70.2 Å². The summed E-state index contributed by atoms with van der Waals surface area (Å²) in [4.78, 5) is 23.2. The van der Waals surface area contributed by atoms with E-state index >= 15 is 0 Å². The fourth-order valence-electron chi connectivity index (χ4n) is 3.31. The van der Waals surface area contributed by atoms with Gasteiger partial charge in [0.1, 0.15) is 17.5 Å². The molecule has 2 heterocycles. The van der Waals surface area contributed by atoms with Gasteiger partial charge in [0.15, 0.2) is 0 Å². The van der Waals surface area contributed by atoms with Crippen molar-refractivity contribution in [1.29, 1.82) is 0 Å². The highest BCUT2D eigenvalue weighted by Crippen LogP contribution is 2.32. The summed E-state index contributed by atoms with van der Waals surface area (Å²) < 4.78 is 0. The van der Waals surface area contributed by atoms with Crippen molar-refractivity contribution in [3.8, 4) is 0 Å². The molecule has 1 aliphatic carbocycles. The van der Waals surface area contributed by atoms with Gasteiger partial charge in [-0.05, 0) is 62.8 Å². The minimum absolute atomic E-state index is 0.106. The van der Waals surface area contributed by atoms with E-state index in [2.05, 4.69) is 25.5 Å². The number of nitrogens with one attached hydrogen (secondary N) is 2. The van der Waals surface area contributed by atoms with E-state index in [0.717, 1.165) is 41.9 Å². The van der Waals surface area contributed by atoms with Crippen LogP contribution >= 0.6 is 0 Å². The molecule has 0 atom stereocenters. The van der Waals surface area contributed by atoms with Gasteiger partial charge in [0.2, 0.25) is 5.91 Å². The summed E-state index contributed by atoms with van der Waals surface area (Å²) in [5.74, 6) is 3.25. The van der Waals surface area contributed by atoms with Crippen molar-refractivity contribution < 1.29 is 4.79 Å². The van der Waals surface area contributed by atoms with Crippen molar-refractivity contribution in [2.24, 2.45) is 5.92 Å². The average molecular weight is 351 g/mol. The van der Waals surface area contributed by atoms with Gasteiger partial charge in [0.05, 0.1) is 0 Å². The largest absolute Gasteiger partial charge is 0.356 e. The van der Waals surface area contributed by atoms with E-state index < -0.39 is 0 Å². The summed E-state index contributed by atoms with van der Waals surface area (Å²) in [6.45, 7) is 4.04. The van der Waals surface area contributed by atoms with Crippen molar-refractivity contribution in [2.45, 2.75) is 39.0 Å². The highest BCUT2D eigenvalue weighted by atomic mass is 16.1. The van der Waals surface area contributed by atoms with Gasteiger partial charge in [-0.2, -0.15) is 0 Å². The van der Waals surface area contributed by atoms with Crippen molar-refractivity contribution in [1.82, 2.24) is 9.97 Å². The molecular weight excluding hydrogens is 326 g/mol. The number of nitrogens with zero attached hydrogens (tertiary/aromatic N) is 3. The first-order valence-electron chi connectivity index (χ1n) is 9.43. The lowest BCUT2D eigenvalue weighted by Gasteiger charge is -2.18. The Bertz CT molecular complexity index is 779. The van der Waals surface area contributed by atoms with E-state index in [1.807, 2.05) is 37.3 Å². The Labute approximate surface area is 154 Å². The highest BCUT2D eigenvalue weighted by molar-refractivity contribution is 5.91. The molecule has 1 aromatic carbocycles. The standard InChI is InChI=1S/C20H25N5O/c1-14-21-18(13-19(22-14)25-10-2-3-11-25)23-16-6-8-17(9-7-16)24-20(26)12-15-4-5-15/h6-9,13,15H,2-5,10-12H2,1H3,(H,24,26)(H,21,22,23). The maximum absolute atomic E-state index is 11.9. The van der Waals surface area contributed by atoms with Crippen molar-refractivity contribution in [3.05, 3.63) is 36.2 Å². The first-order valence-corrected chi connectivity index (χ1v) is 9.43. The molecule has 2 aromatic rings. The Hall–Kier alpha value is -2.63. The molecule has 1 aliphatic heterocycles. The van der Waals surface area contributed by atoms with Crippen LogP contribution in [0.15, 0.2) is 30.3 Å². The molecule has 0 bridgehead atoms. The van der Waals surface area contributed by atoms with Gasteiger partial charge in [0, 0.05) is 37.0 Å². The second kappa shape index (κ2) is 7.32. The molecule has 1 saturated carbocycles. The number of benzene rings is 1. The Morgan fingerprint density at radius 3 is 2.50 bits per heavy atom. The van der Waals surface area contributed by atoms with Crippen LogP contribution in [0.5, 0.6) is 0 Å². The zero-order chi connectivity index (χ0) is 17.9. The van der Waals surface area contributed by atoms with Crippen molar-refractivity contribution >= 4 is 28.9 Å². The molecule has 2 N–H and O–H groups in total. The summed E-state index contributed by atoms with van der Waals surface area (Å²) in [6.07, 6.45) is 5.46. The van der Waals surface area contributed by atoms with Crippen LogP contribution in [0.1, 0.15) is 37.9 Å². The second-order valence-corrected chi connectivity index (χ2v) is 7.25. The zero-order valence-corrected chi connectivity index (χ0v) is 15.2. The van der Waals surface area contributed by atoms with Gasteiger partial charge in [-0.1, -0.05) is 0 Å². The molecule has 1 amide bonds. The first kappa shape index (κ1) is 16.8. The molecule has 26 heavy (non-hydrogen) atoms. The summed E-state index contributed by atoms with van der Waals surface area (Å²) in [5, 5.41) is 6.30. The maximum atomic E-state index is 11.9. The maximum Gasteiger partial charge on any atom is 0.224 e. The normalized spacial score (nSPS) is 16.6. The molecule has 1 aromatic heterocycles. The fraction of sp³-hybridized carbons (Fsp3) is 0.450. The van der Waals surface area contributed by atoms with E-state index in [4.69, 9.17) is 0 Å². The Kier molecular flexibility index (Phi) is 4.73. The molecule has 6 nitrogen and oxygen atoms in total. The monoisotopic (exact) mass is 351 g/mol. The first-order chi connectivity index (χ1) is 12.7. The fourth-order valence-corrected chi connectivity index (χ4v) is 3.31. The van der Waals surface area contributed by atoms with E-state index in [9.17, 15) is 4.79 Å². The summed E-state index contributed by atoms with van der Waals surface area (Å²) in [7, 11) is 0. The molecule has 0 radical (unpaired) electrons. The Morgan fingerprint density at radius 1 is 1.12 bits per heavy atom. The Morgan fingerprint density at radius 2 is 1.81 bits per heavy atom. The van der Waals surface area contributed by atoms with E-state index in [-0.39, 0.29) is 5.91 Å². The van der Waals surface area contributed by atoms with Crippen LogP contribution in [-0.4, -0.2) is 29.0 Å². The van der Waals surface area contributed by atoms with Crippen molar-refractivity contribution in [2.75, 3.05) is 28.6 Å². The van der Waals surface area contributed by atoms with Crippen LogP contribution < -0.4 is 15.5 Å². The smallest absolute Gasteiger partial charge is 0.224 e. The molecule has 2 fully saturated rings. The van der Waals surface area contributed by atoms with Gasteiger partial charge >= 0.3 is 0 Å². The van der Waals surface area contributed by atoms with Gasteiger partial charge in [-0.25, -0.2) is 9.97 Å². The van der Waals surface area contributed by atoms with Crippen LogP contribution in [0.3, 0.4) is 0 Å². The van der Waals surface area contributed by atoms with Gasteiger partial charge < -0.3 is 15.5 Å². The van der Waals surface area contributed by atoms with Crippen LogP contribution in [0.4, 0.5) is 23.0 Å². The van der Waals surface area contributed by atoms with Crippen molar-refractivity contribution in [3.63, 3.8) is 0 Å². The minimum atomic E-state index is 0.106. The second-order valence-electron chi connectivity index (χ2n) is 7.25. The van der Waals surface area contributed by atoms with Gasteiger partial charge in [-0.15, -0.1) is 0 Å². The predicted octanol–water partition coefficient (Wildman–Crippen LogP) is 3.87. The number of anilines is 4. The number of rotatable bonds is 6. The van der Waals surface area contributed by atoms with E-state index in [0.29, 0.717) is 12.3 Å². The molecule has 4 rings (SSSR count). The van der Waals surface area contributed by atoms with Gasteiger partial charge in [0.25, 0.3) is 0 Å². The summed E-state index contributed by atoms with van der Waals surface area (Å²) in [5.41, 5.74) is 1.77. The summed E-state index contributed by atoms with van der Waals surface area (Å²) in [6, 6.07) is 9.76. The third-order valence-electron chi connectivity index (χ3n) is 4.87.